The number of benzene rings is 3. The number of nitrogens with zero attached hydrogens (tertiary/aromatic N) is 4. The van der Waals surface area contributed by atoms with Gasteiger partial charge in [0.2, 0.25) is 0 Å². The Morgan fingerprint density at radius 3 is 1.79 bits per heavy atom. The average Bonchev–Trinajstić information content (AvgIpc) is 3.86. The van der Waals surface area contributed by atoms with Gasteiger partial charge in [0.15, 0.2) is 0 Å². The molecule has 0 spiro atoms. The lowest BCUT2D eigenvalue weighted by Gasteiger charge is -2.50. The third-order valence-electron chi connectivity index (χ3n) is 8.64. The molecule has 6 heterocycles. The lowest BCUT2D eigenvalue weighted by molar-refractivity contribution is 0.260. The first kappa shape index (κ1) is 21.3. The van der Waals surface area contributed by atoms with E-state index in [4.69, 9.17) is 18.9 Å². The van der Waals surface area contributed by atoms with Gasteiger partial charge in [0.25, 0.3) is 0 Å². The van der Waals surface area contributed by atoms with Crippen molar-refractivity contribution in [1.29, 1.82) is 0 Å². The molecule has 2 saturated heterocycles. The fraction of sp³-hybridized carbons (Fsp3) is 0.400. The number of rotatable bonds is 6. The molecule has 3 aromatic rings. The summed E-state index contributed by atoms with van der Waals surface area (Å²) < 4.78 is 23.2. The van der Waals surface area contributed by atoms with Crippen LogP contribution in [0.15, 0.2) is 48.5 Å². The molecule has 0 saturated carbocycles. The van der Waals surface area contributed by atoms with Crippen molar-refractivity contribution >= 4 is 22.7 Å². The summed E-state index contributed by atoms with van der Waals surface area (Å²) >= 11 is 0. The Morgan fingerprint density at radius 2 is 1.16 bits per heavy atom. The molecule has 8 heteroatoms. The third kappa shape index (κ3) is 3.36. The van der Waals surface area contributed by atoms with Gasteiger partial charge in [-0.3, -0.25) is 0 Å². The molecule has 0 amide bonds. The maximum atomic E-state index is 6.23. The summed E-state index contributed by atoms with van der Waals surface area (Å²) in [4.78, 5) is 10.1. The molecule has 6 aliphatic rings. The van der Waals surface area contributed by atoms with E-state index in [0.29, 0.717) is 13.2 Å². The molecule has 194 valence electrons. The Balaban J connectivity index is 0.00000235. The molecule has 8 nitrogen and oxygen atoms in total. The minimum absolute atomic E-state index is 0. The molecule has 6 aliphatic heterocycles. The van der Waals surface area contributed by atoms with Gasteiger partial charge in [0, 0.05) is 46.8 Å². The van der Waals surface area contributed by atoms with Crippen molar-refractivity contribution in [2.24, 2.45) is 0 Å². The van der Waals surface area contributed by atoms with Crippen molar-refractivity contribution in [2.75, 3.05) is 59.4 Å². The molecule has 0 aromatic heterocycles. The molecule has 0 radical (unpaired) electrons. The Labute approximate surface area is 223 Å². The summed E-state index contributed by atoms with van der Waals surface area (Å²) in [5.41, 5.74) is 10.7. The van der Waals surface area contributed by atoms with Crippen LogP contribution in [0.5, 0.6) is 11.5 Å². The summed E-state index contributed by atoms with van der Waals surface area (Å²) in [6.45, 7) is 8.23. The van der Waals surface area contributed by atoms with Gasteiger partial charge in [-0.05, 0) is 35.9 Å². The highest BCUT2D eigenvalue weighted by molar-refractivity contribution is 5.80. The zero-order valence-corrected chi connectivity index (χ0v) is 21.3. The second-order valence-electron chi connectivity index (χ2n) is 11.2. The maximum Gasteiger partial charge on any atom is 1.00 e. The van der Waals surface area contributed by atoms with Crippen LogP contribution in [0.4, 0.5) is 22.7 Å². The van der Waals surface area contributed by atoms with Gasteiger partial charge in [-0.2, -0.15) is 0 Å². The molecule has 3 aromatic carbocycles. The van der Waals surface area contributed by atoms with E-state index in [1.54, 1.807) is 0 Å². The Bertz CT molecular complexity index is 1460. The topological polar surface area (TPSA) is 56.5 Å². The van der Waals surface area contributed by atoms with Gasteiger partial charge >= 0.3 is 1.43 Å². The van der Waals surface area contributed by atoms with Crippen LogP contribution in [0.2, 0.25) is 0 Å². The lowest BCUT2D eigenvalue weighted by atomic mass is 9.93. The number of hydrogen-bond donors (Lipinski definition) is 0. The van der Waals surface area contributed by atoms with Crippen LogP contribution in [0.3, 0.4) is 0 Å². The molecule has 0 N–H and O–H groups in total. The number of ether oxygens (including phenoxy) is 4. The minimum Gasteiger partial charge on any atom is -0.490 e. The highest BCUT2D eigenvalue weighted by atomic mass is 16.6. The standard InChI is InChI=1S/C30H30N4O4/c1-3-25-23(29(6-1)38-16-21-14-36-21)11-34-18-31(25)9-19-7-8-27-24(30(19)34)12-33-17-32(27)10-22-26(33)4-2-5-28(22)37-15-20-13-35-20/h1-8,20-21H,9-18H2/p+1. The lowest BCUT2D eigenvalue weighted by Crippen LogP contribution is -2.50. The van der Waals surface area contributed by atoms with Crippen molar-refractivity contribution < 1.29 is 20.4 Å². The Morgan fingerprint density at radius 1 is 0.632 bits per heavy atom. The summed E-state index contributed by atoms with van der Waals surface area (Å²) in [6, 6.07) is 17.6. The van der Waals surface area contributed by atoms with Gasteiger partial charge in [0.1, 0.15) is 36.9 Å². The first-order chi connectivity index (χ1) is 18.8. The van der Waals surface area contributed by atoms with E-state index in [0.717, 1.165) is 64.2 Å². The van der Waals surface area contributed by atoms with E-state index in [-0.39, 0.29) is 13.6 Å². The molecular weight excluding hydrogens is 480 g/mol. The molecule has 2 atom stereocenters. The van der Waals surface area contributed by atoms with Crippen molar-refractivity contribution in [3.05, 3.63) is 70.8 Å². The van der Waals surface area contributed by atoms with Crippen molar-refractivity contribution in [2.45, 2.75) is 38.4 Å². The zero-order valence-electron chi connectivity index (χ0n) is 22.3. The van der Waals surface area contributed by atoms with Crippen LogP contribution < -0.4 is 29.1 Å². The zero-order chi connectivity index (χ0) is 24.8. The fourth-order valence-electron chi connectivity index (χ4n) is 6.65. The molecule has 0 aliphatic carbocycles. The van der Waals surface area contributed by atoms with Gasteiger partial charge in [-0.1, -0.05) is 18.2 Å². The van der Waals surface area contributed by atoms with E-state index in [2.05, 4.69) is 68.1 Å². The second-order valence-corrected chi connectivity index (χ2v) is 11.2. The van der Waals surface area contributed by atoms with Crippen molar-refractivity contribution in [3.8, 4) is 11.5 Å². The normalized spacial score (nSPS) is 23.3. The van der Waals surface area contributed by atoms with Gasteiger partial charge in [0.05, 0.1) is 45.3 Å². The number of anilines is 4. The smallest absolute Gasteiger partial charge is 0.490 e. The average molecular weight is 512 g/mol. The highest BCUT2D eigenvalue weighted by Gasteiger charge is 2.38. The molecule has 2 unspecified atom stereocenters. The largest absolute Gasteiger partial charge is 1.00 e. The van der Waals surface area contributed by atoms with E-state index in [9.17, 15) is 0 Å². The van der Waals surface area contributed by atoms with Crippen molar-refractivity contribution in [3.63, 3.8) is 0 Å². The molecule has 9 rings (SSSR count). The number of fused-ring (bicyclic) bond motifs is 13. The maximum absolute atomic E-state index is 6.23. The number of hydrogen-bond acceptors (Lipinski definition) is 8. The van der Waals surface area contributed by atoms with E-state index in [1.807, 2.05) is 0 Å². The minimum atomic E-state index is 0. The molecule has 2 fully saturated rings. The molecule has 38 heavy (non-hydrogen) atoms. The predicted octanol–water partition coefficient (Wildman–Crippen LogP) is 3.95. The Hall–Kier alpha value is -3.62. The predicted molar refractivity (Wildman–Crippen MR) is 145 cm³/mol. The van der Waals surface area contributed by atoms with Crippen molar-refractivity contribution in [1.82, 2.24) is 0 Å². The summed E-state index contributed by atoms with van der Waals surface area (Å²) in [5.74, 6) is 1.98. The first-order valence-corrected chi connectivity index (χ1v) is 13.7. The SMILES string of the molecule is [H+].c1cc(OCC2CO2)c2c(c1)N1Cc3c(ccc4c3N3Cc5c(OCC6CO6)cccc5N(C4)C3)N(C2)C1. The van der Waals surface area contributed by atoms with E-state index < -0.39 is 0 Å². The van der Waals surface area contributed by atoms with Crippen LogP contribution in [-0.4, -0.2) is 52.0 Å². The summed E-state index contributed by atoms with van der Waals surface area (Å²) in [7, 11) is 0. The van der Waals surface area contributed by atoms with Crippen LogP contribution in [0.1, 0.15) is 23.7 Å². The van der Waals surface area contributed by atoms with Crippen LogP contribution in [0.25, 0.3) is 0 Å². The fourth-order valence-corrected chi connectivity index (χ4v) is 6.65. The summed E-state index contributed by atoms with van der Waals surface area (Å²) in [6.07, 6.45) is 0.504. The van der Waals surface area contributed by atoms with Crippen LogP contribution in [-0.2, 0) is 35.7 Å². The number of epoxide rings is 2. The monoisotopic (exact) mass is 511 g/mol. The first-order valence-electron chi connectivity index (χ1n) is 13.7. The van der Waals surface area contributed by atoms with E-state index in [1.165, 1.54) is 45.0 Å². The summed E-state index contributed by atoms with van der Waals surface area (Å²) in [5, 5.41) is 0. The second kappa shape index (κ2) is 7.94. The molecular formula is C30H31N4O4+. The third-order valence-corrected chi connectivity index (χ3v) is 8.64. The van der Waals surface area contributed by atoms with Crippen LogP contribution in [0, 0.1) is 0 Å². The quantitative estimate of drug-likeness (QED) is 0.462. The van der Waals surface area contributed by atoms with Gasteiger partial charge in [-0.25, -0.2) is 0 Å². The molecule has 4 bridgehead atoms. The highest BCUT2D eigenvalue weighted by Crippen LogP contribution is 2.49. The van der Waals surface area contributed by atoms with Crippen LogP contribution >= 0.6 is 0 Å². The van der Waals surface area contributed by atoms with E-state index >= 15 is 0 Å². The van der Waals surface area contributed by atoms with Gasteiger partial charge in [-0.15, -0.1) is 0 Å². The Kier molecular flexibility index (Phi) is 4.46. The van der Waals surface area contributed by atoms with Gasteiger partial charge < -0.3 is 38.5 Å².